The van der Waals surface area contributed by atoms with Crippen molar-refractivity contribution in [2.24, 2.45) is 0 Å². The topological polar surface area (TPSA) is 3.24 Å². The van der Waals surface area contributed by atoms with E-state index in [1.165, 1.54) is 17.2 Å². The molecule has 0 aliphatic carbocycles. The van der Waals surface area contributed by atoms with Crippen LogP contribution in [0.25, 0.3) is 0 Å². The van der Waals surface area contributed by atoms with Gasteiger partial charge >= 0.3 is 0 Å². The van der Waals surface area contributed by atoms with Gasteiger partial charge in [-0.25, -0.2) is 4.39 Å². The van der Waals surface area contributed by atoms with Gasteiger partial charge in [0.05, 0.1) is 0 Å². The number of benzene rings is 2. The summed E-state index contributed by atoms with van der Waals surface area (Å²) < 4.78 is 13.1. The van der Waals surface area contributed by atoms with E-state index in [1.54, 1.807) is 23.9 Å². The second-order valence-electron chi connectivity index (χ2n) is 5.45. The first kappa shape index (κ1) is 14.6. The molecule has 1 aliphatic rings. The molecular formula is C18H20FNS. The van der Waals surface area contributed by atoms with Crippen molar-refractivity contribution in [3.05, 3.63) is 65.5 Å². The normalized spacial score (nSPS) is 14.9. The molecule has 0 radical (unpaired) electrons. The summed E-state index contributed by atoms with van der Waals surface area (Å²) in [5, 5.41) is 0. The molecule has 0 spiro atoms. The molecule has 0 unspecified atom stereocenters. The van der Waals surface area contributed by atoms with E-state index in [0.717, 1.165) is 43.1 Å². The van der Waals surface area contributed by atoms with Crippen LogP contribution in [0.15, 0.2) is 53.4 Å². The van der Waals surface area contributed by atoms with Crippen molar-refractivity contribution in [1.29, 1.82) is 0 Å². The van der Waals surface area contributed by atoms with Crippen molar-refractivity contribution in [3.63, 3.8) is 0 Å². The Morgan fingerprint density at radius 2 is 1.90 bits per heavy atom. The summed E-state index contributed by atoms with van der Waals surface area (Å²) in [7, 11) is 0. The molecule has 1 heterocycles. The van der Waals surface area contributed by atoms with Gasteiger partial charge in [-0.2, -0.15) is 0 Å². The minimum atomic E-state index is -0.146. The smallest absolute Gasteiger partial charge is 0.124 e. The summed E-state index contributed by atoms with van der Waals surface area (Å²) in [4.78, 5) is 3.55. The van der Waals surface area contributed by atoms with E-state index in [-0.39, 0.29) is 5.82 Å². The Labute approximate surface area is 130 Å². The van der Waals surface area contributed by atoms with Gasteiger partial charge in [0.2, 0.25) is 0 Å². The Bertz CT molecular complexity index is 599. The molecule has 0 atom stereocenters. The summed E-state index contributed by atoms with van der Waals surface area (Å²) in [6, 6.07) is 15.6. The molecule has 0 N–H and O–H groups in total. The predicted molar refractivity (Wildman–Crippen MR) is 87.2 cm³/mol. The molecule has 2 aromatic carbocycles. The van der Waals surface area contributed by atoms with Crippen LogP contribution in [0.5, 0.6) is 0 Å². The first-order chi connectivity index (χ1) is 10.3. The molecule has 0 fully saturated rings. The lowest BCUT2D eigenvalue weighted by Crippen LogP contribution is -2.31. The fourth-order valence-electron chi connectivity index (χ4n) is 2.78. The third kappa shape index (κ3) is 4.08. The predicted octanol–water partition coefficient (Wildman–Crippen LogP) is 4.37. The Kier molecular flexibility index (Phi) is 4.94. The molecule has 21 heavy (non-hydrogen) atoms. The van der Waals surface area contributed by atoms with E-state index in [2.05, 4.69) is 29.2 Å². The lowest BCUT2D eigenvalue weighted by Gasteiger charge is -2.28. The molecule has 3 heteroatoms. The van der Waals surface area contributed by atoms with Crippen molar-refractivity contribution >= 4 is 11.8 Å². The lowest BCUT2D eigenvalue weighted by atomic mass is 10.00. The van der Waals surface area contributed by atoms with Crippen LogP contribution in [0.3, 0.4) is 0 Å². The zero-order chi connectivity index (χ0) is 14.5. The second kappa shape index (κ2) is 7.10. The number of thioether (sulfide) groups is 1. The standard InChI is InChI=1S/C18H20FNS/c19-17-7-3-8-18(13-17)21-12-4-10-20-11-9-15-5-1-2-6-16(15)14-20/h1-3,5-8,13H,4,9-12,14H2. The summed E-state index contributed by atoms with van der Waals surface area (Å²) in [6.07, 6.45) is 2.30. The molecule has 0 amide bonds. The van der Waals surface area contributed by atoms with Gasteiger partial charge in [-0.1, -0.05) is 30.3 Å². The molecule has 3 rings (SSSR count). The Morgan fingerprint density at radius 3 is 2.76 bits per heavy atom. The highest BCUT2D eigenvalue weighted by Crippen LogP contribution is 2.21. The van der Waals surface area contributed by atoms with Gasteiger partial charge in [-0.15, -0.1) is 11.8 Å². The van der Waals surface area contributed by atoms with Crippen LogP contribution in [-0.4, -0.2) is 23.7 Å². The minimum Gasteiger partial charge on any atom is -0.299 e. The van der Waals surface area contributed by atoms with Crippen LogP contribution in [0.1, 0.15) is 17.5 Å². The third-order valence-electron chi connectivity index (χ3n) is 3.89. The first-order valence-electron chi connectivity index (χ1n) is 7.49. The van der Waals surface area contributed by atoms with E-state index in [1.807, 2.05) is 6.07 Å². The van der Waals surface area contributed by atoms with Crippen molar-refractivity contribution in [2.75, 3.05) is 18.8 Å². The van der Waals surface area contributed by atoms with Crippen LogP contribution >= 0.6 is 11.8 Å². The van der Waals surface area contributed by atoms with E-state index in [0.29, 0.717) is 0 Å². The fourth-order valence-corrected chi connectivity index (χ4v) is 3.66. The molecule has 0 saturated carbocycles. The van der Waals surface area contributed by atoms with Crippen LogP contribution in [0.4, 0.5) is 4.39 Å². The van der Waals surface area contributed by atoms with Gasteiger partial charge in [0.15, 0.2) is 0 Å². The number of hydrogen-bond donors (Lipinski definition) is 0. The lowest BCUT2D eigenvalue weighted by molar-refractivity contribution is 0.255. The van der Waals surface area contributed by atoms with Crippen molar-refractivity contribution in [1.82, 2.24) is 4.90 Å². The molecular weight excluding hydrogens is 281 g/mol. The zero-order valence-corrected chi connectivity index (χ0v) is 12.9. The van der Waals surface area contributed by atoms with Crippen molar-refractivity contribution in [2.45, 2.75) is 24.3 Å². The Morgan fingerprint density at radius 1 is 1.05 bits per heavy atom. The Balaban J connectivity index is 1.43. The van der Waals surface area contributed by atoms with Gasteiger partial charge in [0, 0.05) is 18.0 Å². The fraction of sp³-hybridized carbons (Fsp3) is 0.333. The third-order valence-corrected chi connectivity index (χ3v) is 4.97. The molecule has 0 saturated heterocycles. The van der Waals surface area contributed by atoms with Gasteiger partial charge in [0.25, 0.3) is 0 Å². The number of nitrogens with zero attached hydrogens (tertiary/aromatic N) is 1. The highest BCUT2D eigenvalue weighted by molar-refractivity contribution is 7.99. The van der Waals surface area contributed by atoms with Gasteiger partial charge < -0.3 is 0 Å². The molecule has 0 bridgehead atoms. The molecule has 110 valence electrons. The van der Waals surface area contributed by atoms with Crippen LogP contribution in [-0.2, 0) is 13.0 Å². The number of halogens is 1. The van der Waals surface area contributed by atoms with Gasteiger partial charge in [-0.3, -0.25) is 4.90 Å². The van der Waals surface area contributed by atoms with Crippen LogP contribution in [0.2, 0.25) is 0 Å². The molecule has 1 aliphatic heterocycles. The maximum atomic E-state index is 13.1. The zero-order valence-electron chi connectivity index (χ0n) is 12.1. The SMILES string of the molecule is Fc1cccc(SCCCN2CCc3ccccc3C2)c1. The molecule has 1 nitrogen and oxygen atoms in total. The summed E-state index contributed by atoms with van der Waals surface area (Å²) in [5.74, 6) is 0.898. The molecule has 2 aromatic rings. The van der Waals surface area contributed by atoms with Gasteiger partial charge in [0.1, 0.15) is 5.82 Å². The summed E-state index contributed by atoms with van der Waals surface area (Å²) >= 11 is 1.74. The highest BCUT2D eigenvalue weighted by Gasteiger charge is 2.14. The van der Waals surface area contributed by atoms with E-state index < -0.39 is 0 Å². The van der Waals surface area contributed by atoms with E-state index in [9.17, 15) is 4.39 Å². The van der Waals surface area contributed by atoms with Gasteiger partial charge in [-0.05, 0) is 54.5 Å². The minimum absolute atomic E-state index is 0.146. The van der Waals surface area contributed by atoms with Crippen molar-refractivity contribution in [3.8, 4) is 0 Å². The number of fused-ring (bicyclic) bond motifs is 1. The Hall–Kier alpha value is -1.32. The monoisotopic (exact) mass is 301 g/mol. The van der Waals surface area contributed by atoms with Crippen LogP contribution < -0.4 is 0 Å². The quantitative estimate of drug-likeness (QED) is 0.596. The van der Waals surface area contributed by atoms with E-state index >= 15 is 0 Å². The average molecular weight is 301 g/mol. The second-order valence-corrected chi connectivity index (χ2v) is 6.62. The maximum absolute atomic E-state index is 13.1. The largest absolute Gasteiger partial charge is 0.299 e. The molecule has 0 aromatic heterocycles. The average Bonchev–Trinajstić information content (AvgIpc) is 2.51. The maximum Gasteiger partial charge on any atom is 0.124 e. The first-order valence-corrected chi connectivity index (χ1v) is 8.47. The summed E-state index contributed by atoms with van der Waals surface area (Å²) in [5.41, 5.74) is 2.98. The highest BCUT2D eigenvalue weighted by atomic mass is 32.2. The van der Waals surface area contributed by atoms with Crippen LogP contribution in [0, 0.1) is 5.82 Å². The van der Waals surface area contributed by atoms with E-state index in [4.69, 9.17) is 0 Å². The summed E-state index contributed by atoms with van der Waals surface area (Å²) in [6.45, 7) is 3.35. The van der Waals surface area contributed by atoms with Crippen molar-refractivity contribution < 1.29 is 4.39 Å². The number of hydrogen-bond acceptors (Lipinski definition) is 2. The number of rotatable bonds is 5.